The van der Waals surface area contributed by atoms with Gasteiger partial charge >= 0.3 is 50.1 Å². The van der Waals surface area contributed by atoms with Gasteiger partial charge < -0.3 is 0 Å². The van der Waals surface area contributed by atoms with Crippen LogP contribution in [0.5, 0.6) is 0 Å². The molecule has 1 aromatic rings. The van der Waals surface area contributed by atoms with Crippen molar-refractivity contribution in [3.8, 4) is 0 Å². The van der Waals surface area contributed by atoms with Crippen molar-refractivity contribution in [2.45, 2.75) is 39.5 Å². The van der Waals surface area contributed by atoms with Crippen molar-refractivity contribution < 1.29 is 42.3 Å². The van der Waals surface area contributed by atoms with E-state index in [1.807, 2.05) is 32.1 Å². The van der Waals surface area contributed by atoms with Gasteiger partial charge in [-0.1, -0.05) is 12.1 Å². The second kappa shape index (κ2) is 8.63. The molecule has 0 bridgehead atoms. The molecule has 0 spiro atoms. The van der Waals surface area contributed by atoms with E-state index in [0.717, 1.165) is 0 Å². The third kappa shape index (κ3) is 13.6. The Morgan fingerprint density at radius 2 is 0.880 bits per heavy atom. The zero-order chi connectivity index (χ0) is 18.5. The molecule has 0 atom stereocenters. The normalized spacial score (nSPS) is 18.9. The maximum atomic E-state index is 9.87. The van der Waals surface area contributed by atoms with Crippen LogP contribution in [0.3, 0.4) is 0 Å². The van der Waals surface area contributed by atoms with E-state index in [1.54, 1.807) is 11.1 Å². The van der Waals surface area contributed by atoms with Crippen molar-refractivity contribution in [1.29, 1.82) is 0 Å². The van der Waals surface area contributed by atoms with E-state index in [0.29, 0.717) is 0 Å². The Kier molecular flexibility index (Phi) is 8.54. The maximum Gasteiger partial charge on any atom is 2.00 e. The summed E-state index contributed by atoms with van der Waals surface area (Å²) in [5.41, 5.74) is 6.27. The summed E-state index contributed by atoms with van der Waals surface area (Å²) >= 11 is 0. The zero-order valence-electron chi connectivity index (χ0n) is 13.9. The second-order valence-electron chi connectivity index (χ2n) is 5.78. The van der Waals surface area contributed by atoms with E-state index in [2.05, 4.69) is 26.0 Å². The van der Waals surface area contributed by atoms with Crippen molar-refractivity contribution in [2.75, 3.05) is 0 Å². The molecule has 1 fully saturated rings. The minimum Gasteiger partial charge on any atom is -0.0312 e. The van der Waals surface area contributed by atoms with Gasteiger partial charge in [-0.15, -0.1) is 0 Å². The standard InChI is InChI=1S/C12H16.C5H5.F6P.Fe/c1-9-7-8-10(2)12-6-4-3-5-11(9)12;1-2-4-5-3-1;1-7(2,3,4,5)6;/h7-8H,3-6H2,1-2H3;1-5H;;/q;;-1;+2. The summed E-state index contributed by atoms with van der Waals surface area (Å²) < 4.78 is 59.2. The summed E-state index contributed by atoms with van der Waals surface area (Å²) in [6, 6.07) is 4.53. The van der Waals surface area contributed by atoms with Crippen molar-refractivity contribution in [1.82, 2.24) is 0 Å². The van der Waals surface area contributed by atoms with Gasteiger partial charge in [0.2, 0.25) is 0 Å². The molecule has 0 aromatic heterocycles. The predicted octanol–water partition coefficient (Wildman–Crippen LogP) is 7.58. The first-order valence-electron chi connectivity index (χ1n) is 7.55. The third-order valence-electron chi connectivity index (χ3n) is 3.56. The Balaban J connectivity index is 0.000000380. The SMILES string of the molecule is Cc1ccc(C)c2c1CCCC2.F[P-](F)(F)(F)(F)F.[CH]1[CH][CH][CH][CH]1.[Fe+2]. The Labute approximate surface area is 156 Å². The van der Waals surface area contributed by atoms with Gasteiger partial charge in [-0.2, -0.15) is 0 Å². The molecule has 0 N–H and O–H groups in total. The number of aryl methyl sites for hydroxylation is 2. The fourth-order valence-electron chi connectivity index (χ4n) is 2.55. The van der Waals surface area contributed by atoms with E-state index < -0.39 is 7.81 Å². The van der Waals surface area contributed by atoms with Gasteiger partial charge in [-0.05, 0) is 93.9 Å². The van der Waals surface area contributed by atoms with Gasteiger partial charge in [0.05, 0.1) is 0 Å². The topological polar surface area (TPSA) is 0 Å². The average Bonchev–Trinajstić information content (AvgIpc) is 2.99. The Morgan fingerprint density at radius 3 is 1.12 bits per heavy atom. The zero-order valence-corrected chi connectivity index (χ0v) is 15.9. The number of halogens is 6. The molecule has 143 valence electrons. The molecular weight excluding hydrogens is 405 g/mol. The first-order valence-corrected chi connectivity index (χ1v) is 9.58. The van der Waals surface area contributed by atoms with Gasteiger partial charge in [-0.25, -0.2) is 0 Å². The van der Waals surface area contributed by atoms with Crippen LogP contribution in [0.25, 0.3) is 0 Å². The number of fused-ring (bicyclic) bond motifs is 1. The van der Waals surface area contributed by atoms with Crippen LogP contribution in [0.4, 0.5) is 25.2 Å². The predicted molar refractivity (Wildman–Crippen MR) is 87.6 cm³/mol. The molecule has 5 radical (unpaired) electrons. The van der Waals surface area contributed by atoms with E-state index in [4.69, 9.17) is 0 Å². The first-order chi connectivity index (χ1) is 10.7. The van der Waals surface area contributed by atoms with E-state index >= 15 is 0 Å². The van der Waals surface area contributed by atoms with Crippen molar-refractivity contribution in [3.05, 3.63) is 66.5 Å². The molecular formula is C17H21F6FeP+. The number of benzene rings is 1. The Hall–Kier alpha value is -0.251. The Morgan fingerprint density at radius 1 is 0.640 bits per heavy atom. The van der Waals surface area contributed by atoms with Crippen LogP contribution in [0.15, 0.2) is 12.1 Å². The quantitative estimate of drug-likeness (QED) is 0.228. The van der Waals surface area contributed by atoms with Crippen LogP contribution in [0, 0.1) is 46.0 Å². The fourth-order valence-corrected chi connectivity index (χ4v) is 2.55. The van der Waals surface area contributed by atoms with Gasteiger partial charge in [0.15, 0.2) is 0 Å². The molecule has 0 unspecified atom stereocenters. The van der Waals surface area contributed by atoms with Crippen molar-refractivity contribution in [2.24, 2.45) is 0 Å². The van der Waals surface area contributed by atoms with Crippen molar-refractivity contribution >= 4 is 7.81 Å². The second-order valence-corrected chi connectivity index (χ2v) is 7.70. The third-order valence-corrected chi connectivity index (χ3v) is 3.56. The van der Waals surface area contributed by atoms with Gasteiger partial charge in [0.25, 0.3) is 0 Å². The molecule has 0 amide bonds. The van der Waals surface area contributed by atoms with Crippen molar-refractivity contribution in [3.63, 3.8) is 0 Å². The molecule has 2 aliphatic rings. The maximum absolute atomic E-state index is 10.7. The smallest absolute Gasteiger partial charge is 0.0312 e. The summed E-state index contributed by atoms with van der Waals surface area (Å²) in [5, 5.41) is 0. The minimum atomic E-state index is -10.7. The minimum absolute atomic E-state index is 0. The molecule has 3 rings (SSSR count). The number of hydrogen-bond acceptors (Lipinski definition) is 0. The number of rotatable bonds is 0. The van der Waals surface area contributed by atoms with E-state index in [1.165, 1.54) is 36.8 Å². The molecule has 0 saturated heterocycles. The molecule has 2 aliphatic carbocycles. The summed E-state index contributed by atoms with van der Waals surface area (Å²) in [7, 11) is -10.7. The molecule has 0 nitrogen and oxygen atoms in total. The van der Waals surface area contributed by atoms with Crippen LogP contribution in [0.1, 0.15) is 35.1 Å². The number of hydrogen-bond donors (Lipinski definition) is 0. The summed E-state index contributed by atoms with van der Waals surface area (Å²) in [4.78, 5) is 0. The summed E-state index contributed by atoms with van der Waals surface area (Å²) in [6.45, 7) is 4.48. The summed E-state index contributed by atoms with van der Waals surface area (Å²) in [5.74, 6) is 0. The first kappa shape index (κ1) is 24.7. The van der Waals surface area contributed by atoms with E-state index in [9.17, 15) is 25.2 Å². The monoisotopic (exact) mass is 426 g/mol. The van der Waals surface area contributed by atoms with Crippen LogP contribution < -0.4 is 0 Å². The summed E-state index contributed by atoms with van der Waals surface area (Å²) in [6.07, 6.45) is 15.4. The van der Waals surface area contributed by atoms with Crippen LogP contribution in [0.2, 0.25) is 0 Å². The fraction of sp³-hybridized carbons (Fsp3) is 0.353. The molecule has 1 saturated carbocycles. The van der Waals surface area contributed by atoms with Crippen LogP contribution in [-0.4, -0.2) is 0 Å². The van der Waals surface area contributed by atoms with Crippen LogP contribution in [-0.2, 0) is 29.9 Å². The average molecular weight is 426 g/mol. The Bertz CT molecular complexity index is 500. The van der Waals surface area contributed by atoms with Gasteiger partial charge in [0.1, 0.15) is 0 Å². The van der Waals surface area contributed by atoms with Gasteiger partial charge in [0, 0.05) is 0 Å². The molecule has 0 heterocycles. The molecule has 1 aromatic carbocycles. The van der Waals surface area contributed by atoms with Gasteiger partial charge in [-0.3, -0.25) is 0 Å². The molecule has 8 heteroatoms. The van der Waals surface area contributed by atoms with Crippen LogP contribution >= 0.6 is 7.81 Å². The van der Waals surface area contributed by atoms with E-state index in [-0.39, 0.29) is 17.1 Å². The largest absolute Gasteiger partial charge is 2.00 e. The molecule has 0 aliphatic heterocycles. The molecule has 25 heavy (non-hydrogen) atoms.